The second-order valence-corrected chi connectivity index (χ2v) is 5.51. The van der Waals surface area contributed by atoms with Gasteiger partial charge in [-0.1, -0.05) is 0 Å². The maximum absolute atomic E-state index is 11.1. The molecule has 0 aliphatic carbocycles. The minimum Gasteiger partial charge on any atom is -0.475 e. The molecule has 0 aromatic rings. The number of hydrogen-bond donors (Lipinski definition) is 7. The van der Waals surface area contributed by atoms with Crippen molar-refractivity contribution >= 4 is 47.7 Å². The molecule has 1 rings (SSSR count). The van der Waals surface area contributed by atoms with Gasteiger partial charge in [0.1, 0.15) is 42.8 Å². The summed E-state index contributed by atoms with van der Waals surface area (Å²) in [6.07, 6.45) is -9.96. The van der Waals surface area contributed by atoms with Crippen molar-refractivity contribution in [3.8, 4) is 0 Å². The van der Waals surface area contributed by atoms with Crippen LogP contribution in [0.15, 0.2) is 11.8 Å². The van der Waals surface area contributed by atoms with Crippen molar-refractivity contribution in [1.82, 2.24) is 5.32 Å². The van der Waals surface area contributed by atoms with Crippen molar-refractivity contribution in [2.45, 2.75) is 49.8 Å². The molecule has 27 heavy (non-hydrogen) atoms. The van der Waals surface area contributed by atoms with E-state index < -0.39 is 67.1 Å². The van der Waals surface area contributed by atoms with Crippen LogP contribution in [0.3, 0.4) is 0 Å². The van der Waals surface area contributed by atoms with Crippen LogP contribution in [0, 0.1) is 0 Å². The van der Waals surface area contributed by atoms with Gasteiger partial charge >= 0.3 is 5.97 Å². The Hall–Kier alpha value is -1.09. The second-order valence-electron chi connectivity index (χ2n) is 5.51. The van der Waals surface area contributed by atoms with Gasteiger partial charge in [0.05, 0.1) is 6.61 Å². The number of aldehydes is 1. The van der Waals surface area contributed by atoms with E-state index in [9.17, 15) is 34.8 Å². The average molecular weight is 402 g/mol. The number of carbonyl (C=O) groups excluding carboxylic acids is 2. The number of nitrogens with one attached hydrogen (secondary N) is 1. The summed E-state index contributed by atoms with van der Waals surface area (Å²) < 4.78 is 9.98. The molecule has 7 atom stereocenters. The molecular weight excluding hydrogens is 381 g/mol. The third kappa shape index (κ3) is 7.10. The molecular formula is C14H21NNaO11. The van der Waals surface area contributed by atoms with Crippen molar-refractivity contribution in [3.63, 3.8) is 0 Å². The molecule has 1 heterocycles. The van der Waals surface area contributed by atoms with Gasteiger partial charge in [-0.15, -0.1) is 0 Å². The number of aliphatic hydroxyl groups is 5. The number of hydrogen-bond acceptors (Lipinski definition) is 10. The number of rotatable bonds is 9. The first kappa shape index (κ1) is 25.9. The standard InChI is InChI=1S/C14H21NO11.Na/c1-5(18)15-6(3-16)10(21)12(8(20)4-17)26-14-11(22)7(19)2-9(25-14)13(23)24;/h2-3,6-8,10-12,14,17,19-22H,4H2,1H3,(H,15,18)(H,23,24);/t6-,7-,8+,10+,11+,12+,14-;/m0./s1. The van der Waals surface area contributed by atoms with E-state index in [0.717, 1.165) is 6.92 Å². The predicted molar refractivity (Wildman–Crippen MR) is 86.0 cm³/mol. The molecule has 7 N–H and O–H groups in total. The summed E-state index contributed by atoms with van der Waals surface area (Å²) in [4.78, 5) is 33.1. The molecule has 12 nitrogen and oxygen atoms in total. The summed E-state index contributed by atoms with van der Waals surface area (Å²) in [5, 5.41) is 59.6. The van der Waals surface area contributed by atoms with Crippen LogP contribution in [0.2, 0.25) is 0 Å². The minimum absolute atomic E-state index is 0. The molecule has 1 amide bonds. The van der Waals surface area contributed by atoms with Crippen molar-refractivity contribution in [2.24, 2.45) is 0 Å². The monoisotopic (exact) mass is 402 g/mol. The largest absolute Gasteiger partial charge is 0.475 e. The second kappa shape index (κ2) is 11.7. The van der Waals surface area contributed by atoms with E-state index >= 15 is 0 Å². The van der Waals surface area contributed by atoms with E-state index in [1.54, 1.807) is 0 Å². The fourth-order valence-corrected chi connectivity index (χ4v) is 2.18. The molecule has 0 saturated carbocycles. The van der Waals surface area contributed by atoms with Crippen LogP contribution < -0.4 is 5.32 Å². The van der Waals surface area contributed by atoms with Crippen molar-refractivity contribution in [2.75, 3.05) is 6.61 Å². The Balaban J connectivity index is 0.00000676. The number of carbonyl (C=O) groups is 3. The van der Waals surface area contributed by atoms with Gasteiger partial charge in [0, 0.05) is 36.5 Å². The molecule has 149 valence electrons. The fourth-order valence-electron chi connectivity index (χ4n) is 2.18. The van der Waals surface area contributed by atoms with E-state index in [4.69, 9.17) is 19.7 Å². The van der Waals surface area contributed by atoms with Gasteiger partial charge in [-0.25, -0.2) is 4.79 Å². The van der Waals surface area contributed by atoms with Gasteiger partial charge < -0.3 is 50.2 Å². The molecule has 1 aliphatic rings. The topological polar surface area (TPSA) is 203 Å². The van der Waals surface area contributed by atoms with E-state index in [0.29, 0.717) is 6.08 Å². The van der Waals surface area contributed by atoms with E-state index in [-0.39, 0.29) is 35.8 Å². The Bertz CT molecular complexity index is 557. The Morgan fingerprint density at radius 1 is 1.37 bits per heavy atom. The molecule has 0 saturated heterocycles. The summed E-state index contributed by atoms with van der Waals surface area (Å²) in [5.74, 6) is -3.01. The number of aliphatic hydroxyl groups excluding tert-OH is 5. The Labute approximate surface area is 175 Å². The van der Waals surface area contributed by atoms with Crippen molar-refractivity contribution in [1.29, 1.82) is 0 Å². The minimum atomic E-state index is -1.90. The molecule has 0 bridgehead atoms. The predicted octanol–water partition coefficient (Wildman–Crippen LogP) is -4.54. The fraction of sp³-hybridized carbons (Fsp3) is 0.643. The molecule has 0 aromatic heterocycles. The number of carboxylic acids is 1. The molecule has 1 radical (unpaired) electrons. The first-order valence-electron chi connectivity index (χ1n) is 7.45. The van der Waals surface area contributed by atoms with E-state index in [2.05, 4.69) is 5.32 Å². The third-order valence-electron chi connectivity index (χ3n) is 3.48. The van der Waals surface area contributed by atoms with Crippen molar-refractivity contribution < 1.29 is 54.5 Å². The van der Waals surface area contributed by atoms with Crippen LogP contribution in [0.1, 0.15) is 6.92 Å². The number of aliphatic carboxylic acids is 1. The molecule has 0 aromatic carbocycles. The first-order chi connectivity index (χ1) is 12.1. The summed E-state index contributed by atoms with van der Waals surface area (Å²) in [6, 6.07) is -1.54. The smallest absolute Gasteiger partial charge is 0.371 e. The van der Waals surface area contributed by atoms with Gasteiger partial charge in [-0.3, -0.25) is 4.79 Å². The molecule has 0 unspecified atom stereocenters. The Morgan fingerprint density at radius 3 is 2.41 bits per heavy atom. The van der Waals surface area contributed by atoms with Gasteiger partial charge in [0.2, 0.25) is 18.0 Å². The quantitative estimate of drug-likeness (QED) is 0.144. The van der Waals surface area contributed by atoms with Crippen molar-refractivity contribution in [3.05, 3.63) is 11.8 Å². The maximum Gasteiger partial charge on any atom is 0.371 e. The van der Waals surface area contributed by atoms with Crippen LogP contribution in [-0.2, 0) is 23.9 Å². The Kier molecular flexibility index (Phi) is 11.2. The maximum atomic E-state index is 11.1. The van der Waals surface area contributed by atoms with E-state index in [1.807, 2.05) is 0 Å². The van der Waals surface area contributed by atoms with Gasteiger partial charge in [-0.2, -0.15) is 0 Å². The van der Waals surface area contributed by atoms with Crippen LogP contribution in [-0.4, -0.2) is 128 Å². The molecule has 0 fully saturated rings. The van der Waals surface area contributed by atoms with Gasteiger partial charge in [0.25, 0.3) is 0 Å². The first-order valence-corrected chi connectivity index (χ1v) is 7.45. The summed E-state index contributed by atoms with van der Waals surface area (Å²) in [5.41, 5.74) is 0. The number of carboxylic acid groups (broad SMARTS) is 1. The normalized spacial score (nSPS) is 26.3. The average Bonchev–Trinajstić information content (AvgIpc) is 2.59. The number of amides is 1. The van der Waals surface area contributed by atoms with Gasteiger partial charge in [-0.05, 0) is 6.08 Å². The molecule has 0 spiro atoms. The zero-order valence-electron chi connectivity index (χ0n) is 14.6. The van der Waals surface area contributed by atoms with Gasteiger partial charge in [0.15, 0.2) is 0 Å². The molecule has 1 aliphatic heterocycles. The summed E-state index contributed by atoms with van der Waals surface area (Å²) >= 11 is 0. The van der Waals surface area contributed by atoms with Crippen LogP contribution in [0.5, 0.6) is 0 Å². The Morgan fingerprint density at radius 2 is 1.96 bits per heavy atom. The van der Waals surface area contributed by atoms with Crippen LogP contribution >= 0.6 is 0 Å². The van der Waals surface area contributed by atoms with E-state index in [1.165, 1.54) is 0 Å². The SMILES string of the molecule is CC(=O)N[C@@H](C=O)[C@@H](O)[C@H](O[C@@H]1OC(C(=O)O)=C[C@H](O)[C@H]1O)[C@H](O)CO.[Na]. The summed E-state index contributed by atoms with van der Waals surface area (Å²) in [7, 11) is 0. The third-order valence-corrected chi connectivity index (χ3v) is 3.48. The van der Waals surface area contributed by atoms with Crippen LogP contribution in [0.4, 0.5) is 0 Å². The zero-order chi connectivity index (χ0) is 20.0. The molecule has 13 heteroatoms. The zero-order valence-corrected chi connectivity index (χ0v) is 16.6. The van der Waals surface area contributed by atoms with Crippen LogP contribution in [0.25, 0.3) is 0 Å². The summed E-state index contributed by atoms with van der Waals surface area (Å²) in [6.45, 7) is 0.121. The number of ether oxygens (including phenoxy) is 2.